The van der Waals surface area contributed by atoms with Crippen LogP contribution in [-0.4, -0.2) is 23.8 Å². The van der Waals surface area contributed by atoms with Gasteiger partial charge < -0.3 is 15.8 Å². The molecule has 9 heteroatoms. The fourth-order valence-electron chi connectivity index (χ4n) is 1.78. The van der Waals surface area contributed by atoms with E-state index >= 15 is 0 Å². The van der Waals surface area contributed by atoms with Gasteiger partial charge in [-0.2, -0.15) is 0 Å². The first-order valence-corrected chi connectivity index (χ1v) is 7.52. The van der Waals surface area contributed by atoms with Gasteiger partial charge in [-0.1, -0.05) is 0 Å². The molecule has 1 aromatic carbocycles. The molecular weight excluding hydrogens is 331 g/mol. The zero-order valence-corrected chi connectivity index (χ0v) is 12.7. The zero-order valence-electron chi connectivity index (χ0n) is 11.9. The van der Waals surface area contributed by atoms with Gasteiger partial charge in [0.1, 0.15) is 5.75 Å². The second-order valence-corrected chi connectivity index (χ2v) is 5.51. The van der Waals surface area contributed by atoms with Gasteiger partial charge >= 0.3 is 6.36 Å². The smallest absolute Gasteiger partial charge is 0.406 e. The molecule has 1 aromatic heterocycles. The van der Waals surface area contributed by atoms with Crippen molar-refractivity contribution in [3.05, 3.63) is 40.3 Å². The summed E-state index contributed by atoms with van der Waals surface area (Å²) >= 11 is 1.44. The number of anilines is 1. The molecule has 3 N–H and O–H groups in total. The lowest BCUT2D eigenvalue weighted by Crippen LogP contribution is -2.17. The van der Waals surface area contributed by atoms with Crippen molar-refractivity contribution in [1.29, 1.82) is 0 Å². The Morgan fingerprint density at radius 2 is 2.00 bits per heavy atom. The molecule has 0 spiro atoms. The van der Waals surface area contributed by atoms with Crippen LogP contribution >= 0.6 is 11.3 Å². The van der Waals surface area contributed by atoms with Gasteiger partial charge in [-0.25, -0.2) is 4.98 Å². The topological polar surface area (TPSA) is 77.2 Å². The molecule has 124 valence electrons. The maximum Gasteiger partial charge on any atom is 0.573 e. The number of nitrogens with two attached hydrogens (primary N) is 1. The molecule has 0 aliphatic rings. The minimum atomic E-state index is -4.74. The van der Waals surface area contributed by atoms with E-state index in [-0.39, 0.29) is 18.1 Å². The summed E-state index contributed by atoms with van der Waals surface area (Å²) in [5.41, 5.74) is 6.44. The number of rotatable bonds is 6. The van der Waals surface area contributed by atoms with Crippen LogP contribution in [0.3, 0.4) is 0 Å². The standard InChI is InChI=1S/C14H14F3N3O2S/c15-14(16,17)22-11-3-1-9(2-4-11)19-12(21)7-10-8-23-13(20-10)5-6-18/h1-4,8H,5-7,18H2,(H,19,21). The van der Waals surface area contributed by atoms with E-state index in [1.54, 1.807) is 5.38 Å². The van der Waals surface area contributed by atoms with E-state index in [9.17, 15) is 18.0 Å². The molecule has 2 aromatic rings. The van der Waals surface area contributed by atoms with Gasteiger partial charge in [-0.3, -0.25) is 4.79 Å². The Hall–Kier alpha value is -2.13. The molecule has 0 atom stereocenters. The van der Waals surface area contributed by atoms with Crippen LogP contribution < -0.4 is 15.8 Å². The highest BCUT2D eigenvalue weighted by atomic mass is 32.1. The largest absolute Gasteiger partial charge is 0.573 e. The number of alkyl halides is 3. The predicted octanol–water partition coefficient (Wildman–Crippen LogP) is 2.72. The van der Waals surface area contributed by atoms with E-state index in [2.05, 4.69) is 15.0 Å². The minimum Gasteiger partial charge on any atom is -0.406 e. The molecule has 0 radical (unpaired) electrons. The average Bonchev–Trinajstić information content (AvgIpc) is 2.87. The number of carbonyl (C=O) groups excluding carboxylic acids is 1. The second kappa shape index (κ2) is 7.42. The van der Waals surface area contributed by atoms with Crippen molar-refractivity contribution in [3.63, 3.8) is 0 Å². The maximum absolute atomic E-state index is 12.0. The monoisotopic (exact) mass is 345 g/mol. The normalized spacial score (nSPS) is 11.3. The lowest BCUT2D eigenvalue weighted by atomic mass is 10.2. The number of aromatic nitrogens is 1. The van der Waals surface area contributed by atoms with Gasteiger partial charge in [-0.15, -0.1) is 24.5 Å². The number of amides is 1. The molecule has 0 aliphatic heterocycles. The third-order valence-electron chi connectivity index (χ3n) is 2.67. The molecule has 0 aliphatic carbocycles. The molecule has 23 heavy (non-hydrogen) atoms. The highest BCUT2D eigenvalue weighted by molar-refractivity contribution is 7.09. The van der Waals surface area contributed by atoms with Gasteiger partial charge in [-0.05, 0) is 30.8 Å². The van der Waals surface area contributed by atoms with Crippen molar-refractivity contribution in [2.24, 2.45) is 5.73 Å². The van der Waals surface area contributed by atoms with Crippen molar-refractivity contribution in [3.8, 4) is 5.75 Å². The highest BCUT2D eigenvalue weighted by Crippen LogP contribution is 2.24. The van der Waals surface area contributed by atoms with Crippen LogP contribution in [0, 0.1) is 0 Å². The van der Waals surface area contributed by atoms with E-state index < -0.39 is 6.36 Å². The first-order chi connectivity index (χ1) is 10.9. The lowest BCUT2D eigenvalue weighted by molar-refractivity contribution is -0.274. The molecule has 1 amide bonds. The van der Waals surface area contributed by atoms with Crippen molar-refractivity contribution < 1.29 is 22.7 Å². The average molecular weight is 345 g/mol. The van der Waals surface area contributed by atoms with Crippen molar-refractivity contribution in [1.82, 2.24) is 4.98 Å². The SMILES string of the molecule is NCCc1nc(CC(=O)Nc2ccc(OC(F)(F)F)cc2)cs1. The van der Waals surface area contributed by atoms with Crippen molar-refractivity contribution in [2.45, 2.75) is 19.2 Å². The third kappa shape index (κ3) is 5.87. The Morgan fingerprint density at radius 3 is 2.61 bits per heavy atom. The first-order valence-electron chi connectivity index (χ1n) is 6.65. The summed E-state index contributed by atoms with van der Waals surface area (Å²) in [5.74, 6) is -0.652. The van der Waals surface area contributed by atoms with Crippen molar-refractivity contribution >= 4 is 22.9 Å². The Balaban J connectivity index is 1.89. The molecule has 0 fully saturated rings. The number of hydrogen-bond acceptors (Lipinski definition) is 5. The fourth-order valence-corrected chi connectivity index (χ4v) is 2.59. The van der Waals surface area contributed by atoms with Crippen molar-refractivity contribution in [2.75, 3.05) is 11.9 Å². The Morgan fingerprint density at radius 1 is 1.30 bits per heavy atom. The number of nitrogens with zero attached hydrogens (tertiary/aromatic N) is 1. The van der Waals surface area contributed by atoms with E-state index in [0.717, 1.165) is 17.1 Å². The van der Waals surface area contributed by atoms with Crippen LogP contribution in [0.15, 0.2) is 29.6 Å². The third-order valence-corrected chi connectivity index (χ3v) is 3.63. The van der Waals surface area contributed by atoms with Crippen LogP contribution in [0.5, 0.6) is 5.75 Å². The molecule has 0 bridgehead atoms. The Labute approximate surface area is 134 Å². The van der Waals surface area contributed by atoms with E-state index in [1.807, 2.05) is 0 Å². The summed E-state index contributed by atoms with van der Waals surface area (Å²) in [6.07, 6.45) is -3.99. The molecule has 2 rings (SSSR count). The van der Waals surface area contributed by atoms with Gasteiger partial charge in [0.2, 0.25) is 5.91 Å². The van der Waals surface area contributed by atoms with Crippen LogP contribution in [0.2, 0.25) is 0 Å². The second-order valence-electron chi connectivity index (χ2n) is 4.57. The summed E-state index contributed by atoms with van der Waals surface area (Å²) in [5, 5.41) is 5.23. The summed E-state index contributed by atoms with van der Waals surface area (Å²) in [4.78, 5) is 16.1. The zero-order chi connectivity index (χ0) is 16.9. The van der Waals surface area contributed by atoms with Crippen LogP contribution in [-0.2, 0) is 17.6 Å². The number of carbonyl (C=O) groups is 1. The number of ether oxygens (including phenoxy) is 1. The molecular formula is C14H14F3N3O2S. The quantitative estimate of drug-likeness (QED) is 0.844. The number of halogens is 3. The van der Waals surface area contributed by atoms with E-state index in [1.165, 1.54) is 23.5 Å². The van der Waals surface area contributed by atoms with Gasteiger partial charge in [0.05, 0.1) is 17.1 Å². The molecule has 1 heterocycles. The number of benzene rings is 1. The maximum atomic E-state index is 12.0. The van der Waals surface area contributed by atoms with Gasteiger partial charge in [0.15, 0.2) is 0 Å². The molecule has 0 saturated heterocycles. The number of hydrogen-bond donors (Lipinski definition) is 2. The summed E-state index contributed by atoms with van der Waals surface area (Å²) < 4.78 is 39.9. The summed E-state index contributed by atoms with van der Waals surface area (Å²) in [6.45, 7) is 0.492. The summed E-state index contributed by atoms with van der Waals surface area (Å²) in [7, 11) is 0. The Kier molecular flexibility index (Phi) is 5.56. The predicted molar refractivity (Wildman–Crippen MR) is 80.3 cm³/mol. The fraction of sp³-hybridized carbons (Fsp3) is 0.286. The molecule has 5 nitrogen and oxygen atoms in total. The molecule has 0 unspecified atom stereocenters. The number of nitrogens with one attached hydrogen (secondary N) is 1. The Bertz CT molecular complexity index is 656. The first kappa shape index (κ1) is 17.2. The van der Waals surface area contributed by atoms with Crippen LogP contribution in [0.25, 0.3) is 0 Å². The van der Waals surface area contributed by atoms with E-state index in [4.69, 9.17) is 5.73 Å². The number of thiazole rings is 1. The van der Waals surface area contributed by atoms with Gasteiger partial charge in [0, 0.05) is 17.5 Å². The minimum absolute atomic E-state index is 0.0852. The molecule has 0 saturated carbocycles. The van der Waals surface area contributed by atoms with E-state index in [0.29, 0.717) is 24.3 Å². The van der Waals surface area contributed by atoms with Gasteiger partial charge in [0.25, 0.3) is 0 Å². The lowest BCUT2D eigenvalue weighted by Gasteiger charge is -2.09. The summed E-state index contributed by atoms with van der Waals surface area (Å²) in [6, 6.07) is 4.93. The van der Waals surface area contributed by atoms with Crippen LogP contribution in [0.1, 0.15) is 10.7 Å². The highest BCUT2D eigenvalue weighted by Gasteiger charge is 2.30. The van der Waals surface area contributed by atoms with Crippen LogP contribution in [0.4, 0.5) is 18.9 Å².